The minimum Gasteiger partial charge on any atom is -0.310 e. The lowest BCUT2D eigenvalue weighted by atomic mass is 9.67. The SMILES string of the molecule is c1ccc(-c2ccc(N(c3ccc4c(c3)C(c3ccccc3)(c3ccccc3)c3ccccc3-4)c3cccc4c3-c3ccccc3C4(c3ccc(-c4ccccc4)cc3)c3ccc(-c4ccccc4)cc3)cc2)cc1. The first kappa shape index (κ1) is 44.2. The van der Waals surface area contributed by atoms with Crippen LogP contribution in [-0.4, -0.2) is 0 Å². The summed E-state index contributed by atoms with van der Waals surface area (Å²) in [7, 11) is 0. The molecule has 0 saturated carbocycles. The monoisotopic (exact) mass is 953 g/mol. The summed E-state index contributed by atoms with van der Waals surface area (Å²) in [5.41, 5.74) is 24.2. The van der Waals surface area contributed by atoms with Gasteiger partial charge in [-0.25, -0.2) is 0 Å². The molecule has 0 heterocycles. The fourth-order valence-corrected chi connectivity index (χ4v) is 12.8. The van der Waals surface area contributed by atoms with Gasteiger partial charge in [0, 0.05) is 16.9 Å². The van der Waals surface area contributed by atoms with Crippen molar-refractivity contribution in [2.24, 2.45) is 0 Å². The molecule has 0 fully saturated rings. The van der Waals surface area contributed by atoms with Crippen LogP contribution >= 0.6 is 0 Å². The Bertz CT molecular complexity index is 3870. The normalized spacial score (nSPS) is 13.3. The van der Waals surface area contributed by atoms with E-state index in [9.17, 15) is 0 Å². The Morgan fingerprint density at radius 3 is 1.07 bits per heavy atom. The maximum Gasteiger partial charge on any atom is 0.0714 e. The Labute approximate surface area is 440 Å². The van der Waals surface area contributed by atoms with Gasteiger partial charge in [0.1, 0.15) is 0 Å². The van der Waals surface area contributed by atoms with Crippen molar-refractivity contribution in [1.82, 2.24) is 0 Å². The van der Waals surface area contributed by atoms with E-state index in [0.717, 1.165) is 17.1 Å². The van der Waals surface area contributed by atoms with Crippen molar-refractivity contribution in [2.75, 3.05) is 4.90 Å². The summed E-state index contributed by atoms with van der Waals surface area (Å²) in [5.74, 6) is 0. The molecule has 1 nitrogen and oxygen atoms in total. The van der Waals surface area contributed by atoms with Crippen molar-refractivity contribution < 1.29 is 0 Å². The summed E-state index contributed by atoms with van der Waals surface area (Å²) >= 11 is 0. The Hall–Kier alpha value is -9.56. The van der Waals surface area contributed by atoms with Crippen LogP contribution in [0.2, 0.25) is 0 Å². The Morgan fingerprint density at radius 1 is 0.213 bits per heavy atom. The fourth-order valence-electron chi connectivity index (χ4n) is 12.8. The molecule has 0 radical (unpaired) electrons. The van der Waals surface area contributed by atoms with Crippen LogP contribution in [0, 0.1) is 0 Å². The molecule has 0 bridgehead atoms. The predicted octanol–water partition coefficient (Wildman–Crippen LogP) is 18.9. The summed E-state index contributed by atoms with van der Waals surface area (Å²) in [6, 6.07) is 115. The lowest BCUT2D eigenvalue weighted by Crippen LogP contribution is -2.29. The van der Waals surface area contributed by atoms with Crippen LogP contribution in [0.3, 0.4) is 0 Å². The van der Waals surface area contributed by atoms with Crippen LogP contribution in [0.1, 0.15) is 44.5 Å². The summed E-state index contributed by atoms with van der Waals surface area (Å²) in [6.45, 7) is 0. The van der Waals surface area contributed by atoms with Gasteiger partial charge < -0.3 is 4.90 Å². The molecule has 0 spiro atoms. The number of hydrogen-bond donors (Lipinski definition) is 0. The zero-order valence-electron chi connectivity index (χ0n) is 41.4. The molecule has 0 amide bonds. The molecule has 352 valence electrons. The average Bonchev–Trinajstić information content (AvgIpc) is 3.98. The summed E-state index contributed by atoms with van der Waals surface area (Å²) in [6.07, 6.45) is 0. The Balaban J connectivity index is 1.03. The van der Waals surface area contributed by atoms with E-state index in [1.165, 1.54) is 100 Å². The molecule has 12 aromatic carbocycles. The zero-order chi connectivity index (χ0) is 49.8. The molecule has 0 saturated heterocycles. The lowest BCUT2D eigenvalue weighted by Gasteiger charge is -2.36. The third kappa shape index (κ3) is 7.00. The molecule has 75 heavy (non-hydrogen) atoms. The van der Waals surface area contributed by atoms with E-state index in [4.69, 9.17) is 0 Å². The third-order valence-electron chi connectivity index (χ3n) is 16.1. The lowest BCUT2D eigenvalue weighted by molar-refractivity contribution is 0.768. The van der Waals surface area contributed by atoms with Crippen LogP contribution < -0.4 is 4.90 Å². The minimum absolute atomic E-state index is 0.564. The molecule has 2 aliphatic rings. The van der Waals surface area contributed by atoms with Crippen LogP contribution in [-0.2, 0) is 10.8 Å². The molecule has 0 N–H and O–H groups in total. The molecule has 0 aliphatic heterocycles. The molecule has 12 aromatic rings. The predicted molar refractivity (Wildman–Crippen MR) is 312 cm³/mol. The Kier molecular flexibility index (Phi) is 10.7. The van der Waals surface area contributed by atoms with Gasteiger partial charge in [0.05, 0.1) is 16.5 Å². The van der Waals surface area contributed by atoms with Crippen molar-refractivity contribution in [2.45, 2.75) is 10.8 Å². The first-order valence-electron chi connectivity index (χ1n) is 26.1. The number of fused-ring (bicyclic) bond motifs is 6. The first-order chi connectivity index (χ1) is 37.2. The van der Waals surface area contributed by atoms with E-state index in [1.54, 1.807) is 0 Å². The van der Waals surface area contributed by atoms with E-state index in [2.05, 4.69) is 314 Å². The van der Waals surface area contributed by atoms with Crippen molar-refractivity contribution in [3.8, 4) is 55.6 Å². The first-order valence-corrected chi connectivity index (χ1v) is 26.1. The average molecular weight is 954 g/mol. The smallest absolute Gasteiger partial charge is 0.0714 e. The molecular weight excluding hydrogens is 903 g/mol. The van der Waals surface area contributed by atoms with Gasteiger partial charge in [0.2, 0.25) is 0 Å². The van der Waals surface area contributed by atoms with Gasteiger partial charge in [-0.1, -0.05) is 279 Å². The van der Waals surface area contributed by atoms with E-state index in [1.807, 2.05) is 0 Å². The van der Waals surface area contributed by atoms with Gasteiger partial charge in [0.25, 0.3) is 0 Å². The standard InChI is InChI=1S/C74H51N/c1-6-21-52(22-7-1)55-37-43-60(44-38-55)73(61-45-39-56(40-46-61)53-23-8-2-9-24-53)68-34-19-17-32-66(68)72-69(73)35-20-36-71(72)75(62-47-41-57(42-48-62)54-25-10-3-11-26-54)63-49-50-65-64-31-16-18-33-67(64)74(70(65)51-63,58-27-12-4-13-28-58)59-29-14-5-15-30-59/h1-51H. The van der Waals surface area contributed by atoms with Crippen molar-refractivity contribution in [3.63, 3.8) is 0 Å². The van der Waals surface area contributed by atoms with Gasteiger partial charge in [-0.05, 0) is 125 Å². The van der Waals surface area contributed by atoms with Crippen LogP contribution in [0.25, 0.3) is 55.6 Å². The molecule has 0 aromatic heterocycles. The van der Waals surface area contributed by atoms with Crippen LogP contribution in [0.15, 0.2) is 309 Å². The fraction of sp³-hybridized carbons (Fsp3) is 0.0270. The molecule has 0 unspecified atom stereocenters. The largest absolute Gasteiger partial charge is 0.310 e. The van der Waals surface area contributed by atoms with Gasteiger partial charge in [-0.15, -0.1) is 0 Å². The topological polar surface area (TPSA) is 3.24 Å². The van der Waals surface area contributed by atoms with E-state index < -0.39 is 10.8 Å². The highest BCUT2D eigenvalue weighted by atomic mass is 15.1. The maximum absolute atomic E-state index is 2.53. The molecule has 1 heteroatoms. The van der Waals surface area contributed by atoms with Crippen molar-refractivity contribution in [1.29, 1.82) is 0 Å². The summed E-state index contributed by atoms with van der Waals surface area (Å²) in [5, 5.41) is 0. The maximum atomic E-state index is 2.53. The Morgan fingerprint density at radius 2 is 0.560 bits per heavy atom. The highest BCUT2D eigenvalue weighted by molar-refractivity contribution is 5.99. The van der Waals surface area contributed by atoms with Crippen LogP contribution in [0.4, 0.5) is 17.1 Å². The third-order valence-corrected chi connectivity index (χ3v) is 16.1. The summed E-state index contributed by atoms with van der Waals surface area (Å²) < 4.78 is 0. The van der Waals surface area contributed by atoms with E-state index in [0.29, 0.717) is 0 Å². The second kappa shape index (κ2) is 18.2. The molecule has 14 rings (SSSR count). The summed E-state index contributed by atoms with van der Waals surface area (Å²) in [4.78, 5) is 2.53. The quantitative estimate of drug-likeness (QED) is 0.132. The second-order valence-corrected chi connectivity index (χ2v) is 19.9. The number of anilines is 3. The van der Waals surface area contributed by atoms with E-state index in [-0.39, 0.29) is 0 Å². The zero-order valence-corrected chi connectivity index (χ0v) is 41.4. The number of hydrogen-bond acceptors (Lipinski definition) is 1. The molecule has 0 atom stereocenters. The van der Waals surface area contributed by atoms with Gasteiger partial charge in [-0.2, -0.15) is 0 Å². The van der Waals surface area contributed by atoms with Gasteiger partial charge in [0.15, 0.2) is 0 Å². The van der Waals surface area contributed by atoms with Crippen molar-refractivity contribution in [3.05, 3.63) is 354 Å². The van der Waals surface area contributed by atoms with Crippen molar-refractivity contribution >= 4 is 17.1 Å². The van der Waals surface area contributed by atoms with E-state index >= 15 is 0 Å². The van der Waals surface area contributed by atoms with Crippen LogP contribution in [0.5, 0.6) is 0 Å². The molecule has 2 aliphatic carbocycles. The van der Waals surface area contributed by atoms with Gasteiger partial charge >= 0.3 is 0 Å². The van der Waals surface area contributed by atoms with Gasteiger partial charge in [-0.3, -0.25) is 0 Å². The molecular formula is C74H51N. The highest BCUT2D eigenvalue weighted by Crippen LogP contribution is 2.61. The minimum atomic E-state index is -0.648. The second-order valence-electron chi connectivity index (χ2n) is 19.9. The number of benzene rings is 12. The number of rotatable bonds is 10. The number of nitrogens with zero attached hydrogens (tertiary/aromatic N) is 1. The highest BCUT2D eigenvalue weighted by Gasteiger charge is 2.49.